The van der Waals surface area contributed by atoms with Crippen LogP contribution >= 0.6 is 0 Å². The highest BCUT2D eigenvalue weighted by Crippen LogP contribution is 2.49. The van der Waals surface area contributed by atoms with Crippen molar-refractivity contribution in [2.75, 3.05) is 15.1 Å². The van der Waals surface area contributed by atoms with Crippen LogP contribution in [0.1, 0.15) is 5.56 Å². The number of fused-ring (bicyclic) bond motifs is 5. The molecule has 2 saturated heterocycles. The molecule has 3 aromatic rings. The van der Waals surface area contributed by atoms with Crippen molar-refractivity contribution in [1.82, 2.24) is 0 Å². The Labute approximate surface area is 209 Å². The monoisotopic (exact) mass is 498 g/mol. The lowest BCUT2D eigenvalue weighted by atomic mass is 9.88. The zero-order valence-corrected chi connectivity index (χ0v) is 19.2. The molecule has 0 bridgehead atoms. The molecule has 10 heteroatoms. The number of halogens is 1. The standard InChI is InChI=1S/C27H19FN4O5/c28-16-6-10-18(11-7-16)30-26(34)22-21-14-5-15-3-1-2-4-20(15)31(21)24(23(22)27(30)35)25(33)29-17-8-12-19(13-9-17)32(36)37/h1-14,21-24H,(H,29,33)/t21-,22+,23+,24-/m0/s1. The molecule has 0 radical (unpaired) electrons. The fourth-order valence-corrected chi connectivity index (χ4v) is 5.54. The second-order valence-corrected chi connectivity index (χ2v) is 9.09. The minimum absolute atomic E-state index is 0.124. The Morgan fingerprint density at radius 2 is 1.59 bits per heavy atom. The van der Waals surface area contributed by atoms with E-state index in [9.17, 15) is 28.9 Å². The summed E-state index contributed by atoms with van der Waals surface area (Å²) in [5, 5.41) is 13.8. The van der Waals surface area contributed by atoms with Crippen molar-refractivity contribution in [3.63, 3.8) is 0 Å². The maximum Gasteiger partial charge on any atom is 0.269 e. The van der Waals surface area contributed by atoms with Crippen LogP contribution in [0.4, 0.5) is 27.1 Å². The molecule has 0 aliphatic carbocycles. The molecule has 6 rings (SSSR count). The molecule has 3 heterocycles. The van der Waals surface area contributed by atoms with Crippen LogP contribution < -0.4 is 15.1 Å². The number of nitro benzene ring substituents is 1. The Bertz CT molecular complexity index is 1490. The molecule has 3 aliphatic heterocycles. The molecule has 37 heavy (non-hydrogen) atoms. The second-order valence-electron chi connectivity index (χ2n) is 9.09. The van der Waals surface area contributed by atoms with E-state index in [0.717, 1.165) is 16.2 Å². The summed E-state index contributed by atoms with van der Waals surface area (Å²) in [5.41, 5.74) is 2.01. The number of nitrogens with zero attached hydrogens (tertiary/aromatic N) is 3. The van der Waals surface area contributed by atoms with Crippen molar-refractivity contribution in [2.45, 2.75) is 12.1 Å². The molecule has 0 spiro atoms. The number of nitrogens with one attached hydrogen (secondary N) is 1. The normalized spacial score (nSPS) is 23.5. The number of amides is 3. The topological polar surface area (TPSA) is 113 Å². The molecule has 2 fully saturated rings. The smallest absolute Gasteiger partial charge is 0.269 e. The van der Waals surface area contributed by atoms with Crippen LogP contribution in [0.2, 0.25) is 0 Å². The van der Waals surface area contributed by atoms with Gasteiger partial charge in [0.2, 0.25) is 17.7 Å². The number of anilines is 3. The third kappa shape index (κ3) is 3.48. The number of rotatable bonds is 4. The first-order valence-electron chi connectivity index (χ1n) is 11.6. The van der Waals surface area contributed by atoms with Gasteiger partial charge in [0.25, 0.3) is 5.69 Å². The van der Waals surface area contributed by atoms with Gasteiger partial charge in [0.15, 0.2) is 0 Å². The van der Waals surface area contributed by atoms with Gasteiger partial charge < -0.3 is 10.2 Å². The summed E-state index contributed by atoms with van der Waals surface area (Å²) in [6.45, 7) is 0. The second kappa shape index (κ2) is 8.37. The Morgan fingerprint density at radius 3 is 2.30 bits per heavy atom. The first kappa shape index (κ1) is 22.6. The molecule has 9 nitrogen and oxygen atoms in total. The van der Waals surface area contributed by atoms with Crippen LogP contribution in [-0.4, -0.2) is 34.7 Å². The Hall–Kier alpha value is -4.86. The summed E-state index contributed by atoms with van der Waals surface area (Å²) in [6.07, 6.45) is 3.71. The zero-order valence-electron chi connectivity index (χ0n) is 19.2. The molecular formula is C27H19FN4O5. The van der Waals surface area contributed by atoms with E-state index < -0.39 is 52.4 Å². The number of nitro groups is 1. The number of para-hydroxylation sites is 1. The maximum atomic E-state index is 13.7. The highest BCUT2D eigenvalue weighted by molar-refractivity contribution is 6.25. The third-order valence-corrected chi connectivity index (χ3v) is 7.11. The number of hydrogen-bond donors (Lipinski definition) is 1. The average molecular weight is 498 g/mol. The van der Waals surface area contributed by atoms with Crippen molar-refractivity contribution < 1.29 is 23.7 Å². The number of carbonyl (C=O) groups excluding carboxylic acids is 3. The molecule has 1 N–H and O–H groups in total. The largest absolute Gasteiger partial charge is 0.351 e. The number of carbonyl (C=O) groups is 3. The van der Waals surface area contributed by atoms with Gasteiger partial charge in [-0.2, -0.15) is 0 Å². The lowest BCUT2D eigenvalue weighted by Crippen LogP contribution is -2.50. The van der Waals surface area contributed by atoms with Crippen LogP contribution in [0.5, 0.6) is 0 Å². The van der Waals surface area contributed by atoms with Crippen LogP contribution in [0, 0.1) is 27.8 Å². The van der Waals surface area contributed by atoms with Gasteiger partial charge in [0, 0.05) is 23.5 Å². The highest BCUT2D eigenvalue weighted by Gasteiger charge is 2.64. The fourth-order valence-electron chi connectivity index (χ4n) is 5.54. The first-order valence-corrected chi connectivity index (χ1v) is 11.6. The van der Waals surface area contributed by atoms with Gasteiger partial charge in [-0.25, -0.2) is 9.29 Å². The SMILES string of the molecule is O=C(Nc1ccc([N+](=O)[O-])cc1)[C@@H]1[C@@H]2C(=O)N(c3ccc(F)cc3)C(=O)[C@@H]2[C@@H]2C=Cc3ccccc3N12. The van der Waals surface area contributed by atoms with E-state index in [2.05, 4.69) is 5.32 Å². The number of hydrogen-bond acceptors (Lipinski definition) is 6. The van der Waals surface area contributed by atoms with Crippen LogP contribution in [0.25, 0.3) is 6.08 Å². The predicted molar refractivity (Wildman–Crippen MR) is 133 cm³/mol. The van der Waals surface area contributed by atoms with Crippen LogP contribution in [0.15, 0.2) is 78.9 Å². The Morgan fingerprint density at radius 1 is 0.919 bits per heavy atom. The van der Waals surface area contributed by atoms with E-state index >= 15 is 0 Å². The fraction of sp³-hybridized carbons (Fsp3) is 0.148. The summed E-state index contributed by atoms with van der Waals surface area (Å²) < 4.78 is 13.5. The molecule has 4 atom stereocenters. The maximum absolute atomic E-state index is 13.7. The van der Waals surface area contributed by atoms with Gasteiger partial charge in [0.05, 0.1) is 28.5 Å². The molecule has 3 aromatic carbocycles. The van der Waals surface area contributed by atoms with Crippen LogP contribution in [0.3, 0.4) is 0 Å². The predicted octanol–water partition coefficient (Wildman–Crippen LogP) is 3.76. The molecular weight excluding hydrogens is 479 g/mol. The van der Waals surface area contributed by atoms with Crippen molar-refractivity contribution in [1.29, 1.82) is 0 Å². The Kier molecular flexibility index (Phi) is 5.11. The summed E-state index contributed by atoms with van der Waals surface area (Å²) in [4.78, 5) is 54.4. The van der Waals surface area contributed by atoms with E-state index in [-0.39, 0.29) is 11.4 Å². The summed E-state index contributed by atoms with van der Waals surface area (Å²) >= 11 is 0. The van der Waals surface area contributed by atoms with Gasteiger partial charge >= 0.3 is 0 Å². The minimum atomic E-state index is -1.03. The quantitative estimate of drug-likeness (QED) is 0.333. The Balaban J connectivity index is 1.40. The summed E-state index contributed by atoms with van der Waals surface area (Å²) in [6, 6.07) is 16.3. The third-order valence-electron chi connectivity index (χ3n) is 7.11. The van der Waals surface area contributed by atoms with E-state index in [1.165, 1.54) is 48.5 Å². The average Bonchev–Trinajstić information content (AvgIpc) is 3.38. The van der Waals surface area contributed by atoms with Gasteiger partial charge in [0.1, 0.15) is 11.9 Å². The summed E-state index contributed by atoms with van der Waals surface area (Å²) in [7, 11) is 0. The highest BCUT2D eigenvalue weighted by atomic mass is 19.1. The lowest BCUT2D eigenvalue weighted by Gasteiger charge is -2.36. The van der Waals surface area contributed by atoms with Gasteiger partial charge in [-0.1, -0.05) is 30.4 Å². The molecule has 3 aliphatic rings. The van der Waals surface area contributed by atoms with E-state index in [1.54, 1.807) is 0 Å². The molecule has 3 amide bonds. The van der Waals surface area contributed by atoms with E-state index in [0.29, 0.717) is 5.69 Å². The number of imide groups is 1. The molecule has 0 saturated carbocycles. The van der Waals surface area contributed by atoms with E-state index in [1.807, 2.05) is 41.3 Å². The van der Waals surface area contributed by atoms with Crippen molar-refractivity contribution in [2.24, 2.45) is 11.8 Å². The van der Waals surface area contributed by atoms with Gasteiger partial charge in [-0.15, -0.1) is 0 Å². The van der Waals surface area contributed by atoms with Gasteiger partial charge in [-0.3, -0.25) is 24.5 Å². The minimum Gasteiger partial charge on any atom is -0.351 e. The van der Waals surface area contributed by atoms with Gasteiger partial charge in [-0.05, 0) is 48.0 Å². The number of non-ortho nitro benzene ring substituents is 1. The lowest BCUT2D eigenvalue weighted by molar-refractivity contribution is -0.384. The molecule has 0 unspecified atom stereocenters. The van der Waals surface area contributed by atoms with Crippen molar-refractivity contribution >= 4 is 46.5 Å². The van der Waals surface area contributed by atoms with Crippen LogP contribution in [-0.2, 0) is 14.4 Å². The van der Waals surface area contributed by atoms with E-state index in [4.69, 9.17) is 0 Å². The van der Waals surface area contributed by atoms with Crippen molar-refractivity contribution in [3.8, 4) is 0 Å². The summed E-state index contributed by atoms with van der Waals surface area (Å²) in [5.74, 6) is -3.82. The molecule has 184 valence electrons. The molecule has 0 aromatic heterocycles. The number of benzene rings is 3. The van der Waals surface area contributed by atoms with Crippen molar-refractivity contribution in [3.05, 3.63) is 100 Å². The first-order chi connectivity index (χ1) is 17.8. The zero-order chi connectivity index (χ0) is 25.8.